The van der Waals surface area contributed by atoms with E-state index in [0.717, 1.165) is 29.9 Å². The quantitative estimate of drug-likeness (QED) is 0.706. The zero-order valence-corrected chi connectivity index (χ0v) is 18.1. The van der Waals surface area contributed by atoms with Crippen molar-refractivity contribution >= 4 is 29.1 Å². The minimum absolute atomic E-state index is 0.224. The lowest BCUT2D eigenvalue weighted by molar-refractivity contribution is -0.127. The predicted octanol–water partition coefficient (Wildman–Crippen LogP) is 4.35. The number of amides is 1. The molecule has 1 atom stereocenters. The van der Waals surface area contributed by atoms with Crippen LogP contribution in [0.2, 0.25) is 10.0 Å². The third-order valence-corrected chi connectivity index (χ3v) is 6.43. The average Bonchev–Trinajstić information content (AvgIpc) is 3.24. The number of carbonyl (C=O) groups excluding carboxylic acids is 1. The molecule has 1 amide bonds. The zero-order chi connectivity index (χ0) is 21.1. The predicted molar refractivity (Wildman–Crippen MR) is 114 cm³/mol. The monoisotopic (exact) mass is 451 g/mol. The molecule has 1 fully saturated rings. The first kappa shape index (κ1) is 21.1. The molecule has 6 nitrogen and oxygen atoms in total. The number of nitrogens with one attached hydrogen (secondary N) is 1. The maximum atomic E-state index is 12.8. The van der Waals surface area contributed by atoms with E-state index in [0.29, 0.717) is 35.6 Å². The molecule has 1 N–H and O–H groups in total. The molecule has 2 heterocycles. The fourth-order valence-electron chi connectivity index (χ4n) is 3.78. The van der Waals surface area contributed by atoms with Crippen LogP contribution in [0.3, 0.4) is 0 Å². The fourth-order valence-corrected chi connectivity index (χ4v) is 4.11. The van der Waals surface area contributed by atoms with Crippen molar-refractivity contribution < 1.29 is 23.7 Å². The van der Waals surface area contributed by atoms with Crippen molar-refractivity contribution in [3.05, 3.63) is 52.0 Å². The molecule has 0 saturated carbocycles. The van der Waals surface area contributed by atoms with Crippen molar-refractivity contribution in [2.45, 2.75) is 31.3 Å². The third-order valence-electron chi connectivity index (χ3n) is 5.62. The van der Waals surface area contributed by atoms with E-state index in [-0.39, 0.29) is 18.1 Å². The number of fused-ring (bicyclic) bond motifs is 1. The molecule has 0 bridgehead atoms. The van der Waals surface area contributed by atoms with Gasteiger partial charge in [-0.25, -0.2) is 0 Å². The minimum Gasteiger partial charge on any atom is -0.479 e. The van der Waals surface area contributed by atoms with E-state index in [1.165, 1.54) is 0 Å². The van der Waals surface area contributed by atoms with Gasteiger partial charge in [-0.05, 0) is 49.6 Å². The van der Waals surface area contributed by atoms with Crippen LogP contribution in [-0.4, -0.2) is 38.6 Å². The van der Waals surface area contributed by atoms with Crippen molar-refractivity contribution in [3.63, 3.8) is 0 Å². The van der Waals surface area contributed by atoms with Crippen LogP contribution in [0.4, 0.5) is 0 Å². The van der Waals surface area contributed by atoms with Gasteiger partial charge in [0.2, 0.25) is 6.79 Å². The SMILES string of the molecule is CC(Oc1cccc(Cl)c1Cl)C(=O)NCC1(c2ccc3c(c2)OCO3)CCOCC1. The number of benzene rings is 2. The van der Waals surface area contributed by atoms with Crippen LogP contribution >= 0.6 is 23.2 Å². The number of ether oxygens (including phenoxy) is 4. The van der Waals surface area contributed by atoms with Crippen LogP contribution in [0.1, 0.15) is 25.3 Å². The van der Waals surface area contributed by atoms with E-state index in [1.54, 1.807) is 25.1 Å². The maximum Gasteiger partial charge on any atom is 0.260 e. The van der Waals surface area contributed by atoms with Gasteiger partial charge in [0.15, 0.2) is 17.6 Å². The van der Waals surface area contributed by atoms with E-state index >= 15 is 0 Å². The number of carbonyl (C=O) groups is 1. The Bertz CT molecular complexity index is 930. The van der Waals surface area contributed by atoms with Crippen molar-refractivity contribution in [1.29, 1.82) is 0 Å². The molecule has 2 aliphatic rings. The average molecular weight is 452 g/mol. The summed E-state index contributed by atoms with van der Waals surface area (Å²) in [6.07, 6.45) is 0.861. The molecule has 0 spiro atoms. The molecule has 4 rings (SSSR count). The van der Waals surface area contributed by atoms with Crippen LogP contribution < -0.4 is 19.5 Å². The number of hydrogen-bond donors (Lipinski definition) is 1. The molecule has 8 heteroatoms. The van der Waals surface area contributed by atoms with Crippen molar-refractivity contribution in [2.75, 3.05) is 26.6 Å². The van der Waals surface area contributed by atoms with Gasteiger partial charge < -0.3 is 24.3 Å². The minimum atomic E-state index is -0.727. The van der Waals surface area contributed by atoms with Crippen molar-refractivity contribution in [3.8, 4) is 17.2 Å². The number of rotatable bonds is 6. The van der Waals surface area contributed by atoms with E-state index < -0.39 is 6.10 Å². The van der Waals surface area contributed by atoms with E-state index in [9.17, 15) is 4.79 Å². The van der Waals surface area contributed by atoms with Crippen LogP contribution in [0.15, 0.2) is 36.4 Å². The molecule has 1 unspecified atom stereocenters. The first-order chi connectivity index (χ1) is 14.5. The molecular weight excluding hydrogens is 429 g/mol. The Kier molecular flexibility index (Phi) is 6.27. The van der Waals surface area contributed by atoms with Crippen molar-refractivity contribution in [2.24, 2.45) is 0 Å². The largest absolute Gasteiger partial charge is 0.479 e. The number of halogens is 2. The van der Waals surface area contributed by atoms with Crippen LogP contribution in [0, 0.1) is 0 Å². The summed E-state index contributed by atoms with van der Waals surface area (Å²) in [4.78, 5) is 12.8. The first-order valence-electron chi connectivity index (χ1n) is 9.85. The van der Waals surface area contributed by atoms with E-state index in [1.807, 2.05) is 18.2 Å². The lowest BCUT2D eigenvalue weighted by atomic mass is 9.74. The van der Waals surface area contributed by atoms with E-state index in [2.05, 4.69) is 5.32 Å². The molecule has 160 valence electrons. The molecule has 2 aliphatic heterocycles. The fraction of sp³-hybridized carbons (Fsp3) is 0.409. The molecule has 2 aromatic carbocycles. The highest BCUT2D eigenvalue weighted by Gasteiger charge is 2.36. The standard InChI is InChI=1S/C22H23Cl2NO5/c1-14(30-18-4-2-3-16(23)20(18)24)21(26)25-12-22(7-9-27-10-8-22)15-5-6-17-19(11-15)29-13-28-17/h2-6,11,14H,7-10,12-13H2,1H3,(H,25,26). The van der Waals surface area contributed by atoms with Crippen molar-refractivity contribution in [1.82, 2.24) is 5.32 Å². The maximum absolute atomic E-state index is 12.8. The van der Waals surface area contributed by atoms with Gasteiger partial charge in [-0.1, -0.05) is 35.3 Å². The Morgan fingerprint density at radius 2 is 1.93 bits per heavy atom. The van der Waals surface area contributed by atoms with Crippen LogP contribution in [0.5, 0.6) is 17.2 Å². The Hall–Kier alpha value is -2.15. The summed E-state index contributed by atoms with van der Waals surface area (Å²) in [5.41, 5.74) is 0.851. The molecule has 1 saturated heterocycles. The molecule has 2 aromatic rings. The Morgan fingerprint density at radius 3 is 2.73 bits per heavy atom. The van der Waals surface area contributed by atoms with Gasteiger partial charge in [0.1, 0.15) is 10.8 Å². The summed E-state index contributed by atoms with van der Waals surface area (Å²) in [6.45, 7) is 3.64. The molecule has 0 aliphatic carbocycles. The van der Waals surface area contributed by atoms with Gasteiger partial charge in [0.25, 0.3) is 5.91 Å². The second kappa shape index (κ2) is 8.92. The lowest BCUT2D eigenvalue weighted by Gasteiger charge is -2.38. The summed E-state index contributed by atoms with van der Waals surface area (Å²) in [7, 11) is 0. The topological polar surface area (TPSA) is 66.0 Å². The Morgan fingerprint density at radius 1 is 1.17 bits per heavy atom. The number of hydrogen-bond acceptors (Lipinski definition) is 5. The summed E-state index contributed by atoms with van der Waals surface area (Å²) in [5.74, 6) is 1.63. The highest BCUT2D eigenvalue weighted by molar-refractivity contribution is 6.42. The van der Waals surface area contributed by atoms with Gasteiger partial charge in [-0.15, -0.1) is 0 Å². The summed E-state index contributed by atoms with van der Waals surface area (Å²) in [5, 5.41) is 3.72. The van der Waals surface area contributed by atoms with Gasteiger partial charge in [-0.3, -0.25) is 4.79 Å². The molecule has 0 radical (unpaired) electrons. The van der Waals surface area contributed by atoms with Gasteiger partial charge in [0, 0.05) is 25.2 Å². The van der Waals surface area contributed by atoms with Crippen LogP contribution in [0.25, 0.3) is 0 Å². The molecular formula is C22H23Cl2NO5. The second-order valence-corrected chi connectivity index (χ2v) is 8.28. The summed E-state index contributed by atoms with van der Waals surface area (Å²) >= 11 is 12.2. The molecule has 0 aromatic heterocycles. The Labute approximate surface area is 185 Å². The van der Waals surface area contributed by atoms with Gasteiger partial charge >= 0.3 is 0 Å². The van der Waals surface area contributed by atoms with Gasteiger partial charge in [0.05, 0.1) is 5.02 Å². The first-order valence-corrected chi connectivity index (χ1v) is 10.6. The highest BCUT2D eigenvalue weighted by atomic mass is 35.5. The summed E-state index contributed by atoms with van der Waals surface area (Å²) in [6, 6.07) is 11.0. The smallest absolute Gasteiger partial charge is 0.260 e. The lowest BCUT2D eigenvalue weighted by Crippen LogP contribution is -2.47. The molecule has 30 heavy (non-hydrogen) atoms. The van der Waals surface area contributed by atoms with Gasteiger partial charge in [-0.2, -0.15) is 0 Å². The summed E-state index contributed by atoms with van der Waals surface area (Å²) < 4.78 is 22.3. The highest BCUT2D eigenvalue weighted by Crippen LogP contribution is 2.40. The zero-order valence-electron chi connectivity index (χ0n) is 16.6. The van der Waals surface area contributed by atoms with E-state index in [4.69, 9.17) is 42.1 Å². The normalized spacial score (nSPS) is 18.0. The third kappa shape index (κ3) is 4.31. The second-order valence-electron chi connectivity index (χ2n) is 7.49. The van der Waals surface area contributed by atoms with Crippen LogP contribution in [-0.2, 0) is 14.9 Å². The Balaban J connectivity index is 1.46.